The lowest BCUT2D eigenvalue weighted by Gasteiger charge is -2.07. The van der Waals surface area contributed by atoms with Gasteiger partial charge >= 0.3 is 0 Å². The number of ether oxygens (including phenoxy) is 2. The van der Waals surface area contributed by atoms with E-state index in [-0.39, 0.29) is 0 Å². The lowest BCUT2D eigenvalue weighted by atomic mass is 10.2. The van der Waals surface area contributed by atoms with Crippen LogP contribution in [0.15, 0.2) is 42.6 Å². The first-order chi connectivity index (χ1) is 9.29. The summed E-state index contributed by atoms with van der Waals surface area (Å²) in [5.74, 6) is 1.53. The summed E-state index contributed by atoms with van der Waals surface area (Å²) in [4.78, 5) is 4.18. The summed E-state index contributed by atoms with van der Waals surface area (Å²) >= 11 is 0. The van der Waals surface area contributed by atoms with Crippen molar-refractivity contribution in [2.75, 3.05) is 7.11 Å². The van der Waals surface area contributed by atoms with Crippen LogP contribution in [0, 0.1) is 6.92 Å². The molecule has 2 aromatic rings. The quantitative estimate of drug-likeness (QED) is 0.831. The van der Waals surface area contributed by atoms with Gasteiger partial charge in [-0.25, -0.2) is 4.98 Å². The zero-order valence-electron chi connectivity index (χ0n) is 12.0. The Morgan fingerprint density at radius 1 is 1.05 bits per heavy atom. The molecule has 102 valence electrons. The van der Waals surface area contributed by atoms with Gasteiger partial charge in [0.05, 0.1) is 7.11 Å². The molecule has 0 spiro atoms. The minimum atomic E-state index is 0.516. The summed E-state index contributed by atoms with van der Waals surface area (Å²) in [6.45, 7) is 6.50. The predicted octanol–water partition coefficient (Wildman–Crippen LogP) is 4.00. The first kappa shape index (κ1) is 15.0. The van der Waals surface area contributed by atoms with Crippen molar-refractivity contribution in [1.29, 1.82) is 0 Å². The highest BCUT2D eigenvalue weighted by Gasteiger charge is 2.00. The highest BCUT2D eigenvalue weighted by Crippen LogP contribution is 2.16. The summed E-state index contributed by atoms with van der Waals surface area (Å²) in [6.07, 6.45) is 1.73. The Labute approximate surface area is 115 Å². The van der Waals surface area contributed by atoms with E-state index in [1.165, 1.54) is 0 Å². The molecular weight excluding hydrogens is 238 g/mol. The Hall–Kier alpha value is -2.03. The number of pyridine rings is 1. The lowest BCUT2D eigenvalue weighted by Crippen LogP contribution is -1.98. The van der Waals surface area contributed by atoms with Crippen LogP contribution in [0.2, 0.25) is 0 Å². The number of hydrogen-bond donors (Lipinski definition) is 0. The monoisotopic (exact) mass is 259 g/mol. The van der Waals surface area contributed by atoms with Crippen LogP contribution in [-0.2, 0) is 6.61 Å². The van der Waals surface area contributed by atoms with E-state index >= 15 is 0 Å². The van der Waals surface area contributed by atoms with Crippen molar-refractivity contribution in [3.63, 3.8) is 0 Å². The molecule has 3 nitrogen and oxygen atoms in total. The number of aromatic nitrogens is 1. The van der Waals surface area contributed by atoms with Crippen molar-refractivity contribution in [3.05, 3.63) is 53.7 Å². The molecule has 19 heavy (non-hydrogen) atoms. The van der Waals surface area contributed by atoms with Crippen LogP contribution in [0.1, 0.15) is 25.0 Å². The molecule has 0 aliphatic carbocycles. The van der Waals surface area contributed by atoms with Gasteiger partial charge in [-0.15, -0.1) is 0 Å². The van der Waals surface area contributed by atoms with E-state index in [0.29, 0.717) is 12.5 Å². The van der Waals surface area contributed by atoms with E-state index in [0.717, 1.165) is 16.9 Å². The van der Waals surface area contributed by atoms with Gasteiger partial charge in [0.2, 0.25) is 5.88 Å². The summed E-state index contributed by atoms with van der Waals surface area (Å²) in [5.41, 5.74) is 2.14. The molecule has 1 aromatic heterocycles. The maximum absolute atomic E-state index is 5.64. The zero-order valence-corrected chi connectivity index (χ0v) is 12.0. The third-order valence-corrected chi connectivity index (χ3v) is 2.50. The molecule has 1 heterocycles. The van der Waals surface area contributed by atoms with Crippen molar-refractivity contribution in [3.8, 4) is 11.6 Å². The molecule has 0 saturated heterocycles. The molecule has 0 unspecified atom stereocenters. The van der Waals surface area contributed by atoms with Gasteiger partial charge in [-0.05, 0) is 30.7 Å². The van der Waals surface area contributed by atoms with Crippen LogP contribution in [0.5, 0.6) is 11.6 Å². The molecule has 0 aliphatic heterocycles. The zero-order chi connectivity index (χ0) is 14.1. The second kappa shape index (κ2) is 8.14. The number of methoxy groups -OCH3 is 1. The van der Waals surface area contributed by atoms with Gasteiger partial charge in [-0.2, -0.15) is 0 Å². The molecule has 1 aromatic carbocycles. The predicted molar refractivity (Wildman–Crippen MR) is 77.6 cm³/mol. The third kappa shape index (κ3) is 4.62. The van der Waals surface area contributed by atoms with Crippen molar-refractivity contribution >= 4 is 0 Å². The first-order valence-electron chi connectivity index (χ1n) is 6.47. The summed E-state index contributed by atoms with van der Waals surface area (Å²) in [6, 6.07) is 11.7. The number of benzene rings is 1. The number of nitrogens with zero attached hydrogens (tertiary/aromatic N) is 1. The van der Waals surface area contributed by atoms with Gasteiger partial charge in [0.25, 0.3) is 0 Å². The SMILES string of the molecule is CC.COc1ccc(COc2ncccc2C)cc1. The Morgan fingerprint density at radius 3 is 2.32 bits per heavy atom. The fraction of sp³-hybridized carbons (Fsp3) is 0.312. The highest BCUT2D eigenvalue weighted by molar-refractivity contribution is 5.28. The van der Waals surface area contributed by atoms with Crippen LogP contribution >= 0.6 is 0 Å². The standard InChI is InChI=1S/C14H15NO2.C2H6/c1-11-4-3-9-15-14(11)17-10-12-5-7-13(16-2)8-6-12;1-2/h3-9H,10H2,1-2H3;1-2H3. The maximum Gasteiger partial charge on any atom is 0.216 e. The largest absolute Gasteiger partial charge is 0.497 e. The molecule has 0 amide bonds. The molecule has 0 N–H and O–H groups in total. The maximum atomic E-state index is 5.64. The van der Waals surface area contributed by atoms with Gasteiger partial charge in [-0.1, -0.05) is 32.0 Å². The third-order valence-electron chi connectivity index (χ3n) is 2.50. The van der Waals surface area contributed by atoms with Crippen LogP contribution in [0.3, 0.4) is 0 Å². The highest BCUT2D eigenvalue weighted by atomic mass is 16.5. The van der Waals surface area contributed by atoms with E-state index in [9.17, 15) is 0 Å². The lowest BCUT2D eigenvalue weighted by molar-refractivity contribution is 0.291. The average molecular weight is 259 g/mol. The van der Waals surface area contributed by atoms with E-state index < -0.39 is 0 Å². The number of rotatable bonds is 4. The fourth-order valence-electron chi connectivity index (χ4n) is 1.50. The molecule has 0 atom stereocenters. The topological polar surface area (TPSA) is 31.4 Å². The Kier molecular flexibility index (Phi) is 6.44. The minimum absolute atomic E-state index is 0.516. The van der Waals surface area contributed by atoms with Gasteiger partial charge in [0, 0.05) is 11.8 Å². The van der Waals surface area contributed by atoms with E-state index in [4.69, 9.17) is 9.47 Å². The van der Waals surface area contributed by atoms with Crippen LogP contribution in [-0.4, -0.2) is 12.1 Å². The van der Waals surface area contributed by atoms with Crippen molar-refractivity contribution < 1.29 is 9.47 Å². The molecule has 0 radical (unpaired) electrons. The van der Waals surface area contributed by atoms with Crippen LogP contribution < -0.4 is 9.47 Å². The van der Waals surface area contributed by atoms with E-state index in [1.807, 2.05) is 57.2 Å². The van der Waals surface area contributed by atoms with Crippen LogP contribution in [0.25, 0.3) is 0 Å². The molecule has 0 fully saturated rings. The van der Waals surface area contributed by atoms with Gasteiger partial charge in [0.15, 0.2) is 0 Å². The second-order valence-corrected chi connectivity index (χ2v) is 3.76. The molecule has 2 rings (SSSR count). The number of hydrogen-bond acceptors (Lipinski definition) is 3. The van der Waals surface area contributed by atoms with Crippen molar-refractivity contribution in [2.45, 2.75) is 27.4 Å². The Bertz CT molecular complexity index is 480. The smallest absolute Gasteiger partial charge is 0.216 e. The van der Waals surface area contributed by atoms with Crippen molar-refractivity contribution in [2.24, 2.45) is 0 Å². The Morgan fingerprint density at radius 2 is 1.74 bits per heavy atom. The van der Waals surface area contributed by atoms with Crippen molar-refractivity contribution in [1.82, 2.24) is 4.98 Å². The first-order valence-corrected chi connectivity index (χ1v) is 6.47. The molecule has 0 bridgehead atoms. The van der Waals surface area contributed by atoms with Gasteiger partial charge in [0.1, 0.15) is 12.4 Å². The van der Waals surface area contributed by atoms with Crippen LogP contribution in [0.4, 0.5) is 0 Å². The van der Waals surface area contributed by atoms with Gasteiger partial charge < -0.3 is 9.47 Å². The second-order valence-electron chi connectivity index (χ2n) is 3.76. The van der Waals surface area contributed by atoms with E-state index in [1.54, 1.807) is 13.3 Å². The normalized spacial score (nSPS) is 9.26. The average Bonchev–Trinajstić information content (AvgIpc) is 2.49. The Balaban J connectivity index is 0.000000861. The summed E-state index contributed by atoms with van der Waals surface area (Å²) in [7, 11) is 1.66. The van der Waals surface area contributed by atoms with Gasteiger partial charge in [-0.3, -0.25) is 0 Å². The van der Waals surface area contributed by atoms with E-state index in [2.05, 4.69) is 4.98 Å². The summed E-state index contributed by atoms with van der Waals surface area (Å²) < 4.78 is 10.7. The molecule has 3 heteroatoms. The molecule has 0 saturated carbocycles. The molecule has 0 aliphatic rings. The minimum Gasteiger partial charge on any atom is -0.497 e. The number of aryl methyl sites for hydroxylation is 1. The molecular formula is C16H21NO2. The fourth-order valence-corrected chi connectivity index (χ4v) is 1.50. The summed E-state index contributed by atoms with van der Waals surface area (Å²) in [5, 5.41) is 0.